The molecule has 0 fully saturated rings. The summed E-state index contributed by atoms with van der Waals surface area (Å²) in [6, 6.07) is 6.68. The number of nitrogens with zero attached hydrogens (tertiary/aromatic N) is 1. The highest BCUT2D eigenvalue weighted by atomic mass is 79.9. The molecule has 1 heterocycles. The van der Waals surface area contributed by atoms with Gasteiger partial charge in [0.25, 0.3) is 5.91 Å². The first-order valence-corrected chi connectivity index (χ1v) is 5.97. The van der Waals surface area contributed by atoms with E-state index in [2.05, 4.69) is 26.4 Å². The zero-order chi connectivity index (χ0) is 12.3. The summed E-state index contributed by atoms with van der Waals surface area (Å²) in [5.41, 5.74) is 0.522. The third kappa shape index (κ3) is 3.08. The maximum Gasteiger partial charge on any atom is 0.252 e. The van der Waals surface area contributed by atoms with Gasteiger partial charge in [-0.15, -0.1) is 0 Å². The summed E-state index contributed by atoms with van der Waals surface area (Å²) in [6.07, 6.45) is 1.53. The average molecular weight is 316 g/mol. The van der Waals surface area contributed by atoms with Crippen LogP contribution in [0.5, 0.6) is 0 Å². The third-order valence-electron chi connectivity index (χ3n) is 2.09. The van der Waals surface area contributed by atoms with Gasteiger partial charge in [-0.2, -0.15) is 0 Å². The van der Waals surface area contributed by atoms with E-state index >= 15 is 0 Å². The molecule has 0 aliphatic rings. The SMILES string of the molecule is O=C(NCc1ccno1)c1ccc(Cl)cc1Br. The number of benzene rings is 1. The van der Waals surface area contributed by atoms with E-state index in [1.54, 1.807) is 24.3 Å². The van der Waals surface area contributed by atoms with Crippen LogP contribution in [0, 0.1) is 0 Å². The van der Waals surface area contributed by atoms with E-state index in [9.17, 15) is 4.79 Å². The van der Waals surface area contributed by atoms with Crippen LogP contribution in [-0.4, -0.2) is 11.1 Å². The molecule has 0 spiro atoms. The van der Waals surface area contributed by atoms with Crippen LogP contribution in [0.15, 0.2) is 39.5 Å². The van der Waals surface area contributed by atoms with Gasteiger partial charge in [0.15, 0.2) is 5.76 Å². The molecule has 0 bridgehead atoms. The first kappa shape index (κ1) is 12.1. The zero-order valence-electron chi connectivity index (χ0n) is 8.61. The number of rotatable bonds is 3. The summed E-state index contributed by atoms with van der Waals surface area (Å²) in [5, 5.41) is 6.84. The summed E-state index contributed by atoms with van der Waals surface area (Å²) in [6.45, 7) is 0.300. The van der Waals surface area contributed by atoms with Crippen LogP contribution in [-0.2, 0) is 6.54 Å². The topological polar surface area (TPSA) is 55.1 Å². The Balaban J connectivity index is 2.04. The van der Waals surface area contributed by atoms with Crippen molar-refractivity contribution >= 4 is 33.4 Å². The molecule has 0 saturated heterocycles. The summed E-state index contributed by atoms with van der Waals surface area (Å²) in [4.78, 5) is 11.8. The number of halogens is 2. The predicted molar refractivity (Wildman–Crippen MR) is 66.8 cm³/mol. The van der Waals surface area contributed by atoms with E-state index in [-0.39, 0.29) is 5.91 Å². The molecule has 0 atom stereocenters. The molecule has 1 amide bonds. The number of amides is 1. The summed E-state index contributed by atoms with van der Waals surface area (Å²) >= 11 is 9.08. The van der Waals surface area contributed by atoms with Crippen LogP contribution in [0.25, 0.3) is 0 Å². The Morgan fingerprint density at radius 1 is 1.47 bits per heavy atom. The van der Waals surface area contributed by atoms with Gasteiger partial charge in [-0.1, -0.05) is 16.8 Å². The molecular formula is C11H8BrClN2O2. The lowest BCUT2D eigenvalue weighted by atomic mass is 10.2. The molecule has 17 heavy (non-hydrogen) atoms. The van der Waals surface area contributed by atoms with Crippen molar-refractivity contribution in [3.8, 4) is 0 Å². The molecule has 6 heteroatoms. The molecule has 2 rings (SSSR count). The third-order valence-corrected chi connectivity index (χ3v) is 2.98. The van der Waals surface area contributed by atoms with Crippen molar-refractivity contribution in [2.24, 2.45) is 0 Å². The number of carbonyl (C=O) groups excluding carboxylic acids is 1. The molecule has 1 N–H and O–H groups in total. The fraction of sp³-hybridized carbons (Fsp3) is 0.0909. The number of hydrogen-bond acceptors (Lipinski definition) is 3. The lowest BCUT2D eigenvalue weighted by Crippen LogP contribution is -2.22. The van der Waals surface area contributed by atoms with Crippen LogP contribution < -0.4 is 5.32 Å². The lowest BCUT2D eigenvalue weighted by Gasteiger charge is -2.05. The monoisotopic (exact) mass is 314 g/mol. The first-order chi connectivity index (χ1) is 8.16. The van der Waals surface area contributed by atoms with Crippen molar-refractivity contribution < 1.29 is 9.32 Å². The van der Waals surface area contributed by atoms with Crippen LogP contribution in [0.4, 0.5) is 0 Å². The second kappa shape index (κ2) is 5.33. The van der Waals surface area contributed by atoms with Gasteiger partial charge in [-0.25, -0.2) is 0 Å². The second-order valence-electron chi connectivity index (χ2n) is 3.29. The number of nitrogens with one attached hydrogen (secondary N) is 1. The summed E-state index contributed by atoms with van der Waals surface area (Å²) in [7, 11) is 0. The average Bonchev–Trinajstić information content (AvgIpc) is 2.78. The molecule has 0 aliphatic carbocycles. The molecule has 2 aromatic rings. The number of aromatic nitrogens is 1. The van der Waals surface area contributed by atoms with Crippen LogP contribution in [0.2, 0.25) is 5.02 Å². The Morgan fingerprint density at radius 2 is 2.29 bits per heavy atom. The van der Waals surface area contributed by atoms with Crippen molar-refractivity contribution in [1.82, 2.24) is 10.5 Å². The smallest absolute Gasteiger partial charge is 0.252 e. The minimum atomic E-state index is -0.204. The van der Waals surface area contributed by atoms with Gasteiger partial charge >= 0.3 is 0 Å². The van der Waals surface area contributed by atoms with Crippen LogP contribution >= 0.6 is 27.5 Å². The van der Waals surface area contributed by atoms with E-state index in [1.807, 2.05) is 0 Å². The molecule has 1 aromatic carbocycles. The van der Waals surface area contributed by atoms with E-state index in [1.165, 1.54) is 6.20 Å². The largest absolute Gasteiger partial charge is 0.360 e. The quantitative estimate of drug-likeness (QED) is 0.947. The molecule has 1 aromatic heterocycles. The number of carbonyl (C=O) groups is 1. The lowest BCUT2D eigenvalue weighted by molar-refractivity contribution is 0.0946. The Morgan fingerprint density at radius 3 is 2.94 bits per heavy atom. The maximum absolute atomic E-state index is 11.8. The Hall–Kier alpha value is -1.33. The van der Waals surface area contributed by atoms with Crippen LogP contribution in [0.1, 0.15) is 16.1 Å². The minimum Gasteiger partial charge on any atom is -0.360 e. The van der Waals surface area contributed by atoms with Gasteiger partial charge in [0.1, 0.15) is 0 Å². The summed E-state index contributed by atoms with van der Waals surface area (Å²) < 4.78 is 5.52. The highest BCUT2D eigenvalue weighted by Crippen LogP contribution is 2.21. The predicted octanol–water partition coefficient (Wildman–Crippen LogP) is 3.02. The van der Waals surface area contributed by atoms with Crippen molar-refractivity contribution in [3.05, 3.63) is 51.3 Å². The highest BCUT2D eigenvalue weighted by molar-refractivity contribution is 9.10. The molecule has 0 radical (unpaired) electrons. The van der Waals surface area contributed by atoms with E-state index in [4.69, 9.17) is 16.1 Å². The van der Waals surface area contributed by atoms with Gasteiger partial charge in [0.2, 0.25) is 0 Å². The minimum absolute atomic E-state index is 0.204. The Bertz CT molecular complexity index is 528. The second-order valence-corrected chi connectivity index (χ2v) is 4.58. The Labute approximate surface area is 111 Å². The van der Waals surface area contributed by atoms with E-state index < -0.39 is 0 Å². The first-order valence-electron chi connectivity index (χ1n) is 4.79. The molecule has 88 valence electrons. The van der Waals surface area contributed by atoms with Gasteiger partial charge in [-0.05, 0) is 34.1 Å². The van der Waals surface area contributed by atoms with Crippen molar-refractivity contribution in [2.75, 3.05) is 0 Å². The van der Waals surface area contributed by atoms with Crippen molar-refractivity contribution in [1.29, 1.82) is 0 Å². The maximum atomic E-state index is 11.8. The molecule has 0 unspecified atom stereocenters. The van der Waals surface area contributed by atoms with Gasteiger partial charge < -0.3 is 9.84 Å². The molecular weight excluding hydrogens is 307 g/mol. The van der Waals surface area contributed by atoms with Crippen LogP contribution in [0.3, 0.4) is 0 Å². The Kier molecular flexibility index (Phi) is 3.81. The fourth-order valence-corrected chi connectivity index (χ4v) is 2.13. The highest BCUT2D eigenvalue weighted by Gasteiger charge is 2.10. The molecule has 0 aliphatic heterocycles. The number of hydrogen-bond donors (Lipinski definition) is 1. The normalized spacial score (nSPS) is 10.2. The van der Waals surface area contributed by atoms with E-state index in [0.717, 1.165) is 0 Å². The van der Waals surface area contributed by atoms with Crippen molar-refractivity contribution in [3.63, 3.8) is 0 Å². The standard InChI is InChI=1S/C11H8BrClN2O2/c12-10-5-7(13)1-2-9(10)11(16)14-6-8-3-4-15-17-8/h1-5H,6H2,(H,14,16). The molecule has 4 nitrogen and oxygen atoms in total. The molecule has 0 saturated carbocycles. The van der Waals surface area contributed by atoms with Crippen molar-refractivity contribution in [2.45, 2.75) is 6.54 Å². The van der Waals surface area contributed by atoms with Gasteiger partial charge in [0.05, 0.1) is 18.3 Å². The fourth-order valence-electron chi connectivity index (χ4n) is 1.27. The van der Waals surface area contributed by atoms with Gasteiger partial charge in [-0.3, -0.25) is 4.79 Å². The zero-order valence-corrected chi connectivity index (χ0v) is 11.0. The summed E-state index contributed by atoms with van der Waals surface area (Å²) in [5.74, 6) is 0.397. The van der Waals surface area contributed by atoms with E-state index in [0.29, 0.717) is 27.4 Å². The van der Waals surface area contributed by atoms with Gasteiger partial charge in [0, 0.05) is 15.6 Å².